The van der Waals surface area contributed by atoms with Gasteiger partial charge in [-0.3, -0.25) is 0 Å². The predicted octanol–water partition coefficient (Wildman–Crippen LogP) is 5.50. The summed E-state index contributed by atoms with van der Waals surface area (Å²) in [5.74, 6) is -1.86. The van der Waals surface area contributed by atoms with Crippen molar-refractivity contribution < 1.29 is 13.5 Å². The number of fused-ring (bicyclic) bond motifs is 1. The molecule has 0 spiro atoms. The van der Waals surface area contributed by atoms with Gasteiger partial charge in [-0.1, -0.05) is 13.8 Å². The van der Waals surface area contributed by atoms with Crippen LogP contribution in [0.1, 0.15) is 49.6 Å². The number of halogens is 2. The second kappa shape index (κ2) is 7.86. The van der Waals surface area contributed by atoms with Crippen molar-refractivity contribution in [3.8, 4) is 11.3 Å². The largest absolute Gasteiger partial charge is 0.383 e. The molecule has 4 rings (SSSR count). The first kappa shape index (κ1) is 21.7. The minimum absolute atomic E-state index is 0.180. The second-order valence-electron chi connectivity index (χ2n) is 9.02. The van der Waals surface area contributed by atoms with Gasteiger partial charge in [0.25, 0.3) is 5.92 Å². The molecule has 0 aromatic carbocycles. The van der Waals surface area contributed by atoms with Crippen molar-refractivity contribution >= 4 is 16.9 Å². The van der Waals surface area contributed by atoms with Crippen molar-refractivity contribution in [2.24, 2.45) is 0 Å². The van der Waals surface area contributed by atoms with E-state index >= 15 is 0 Å². The molecule has 0 radical (unpaired) electrons. The molecule has 1 aliphatic rings. The molecule has 7 heteroatoms. The zero-order valence-corrected chi connectivity index (χ0v) is 19.0. The molecular weight excluding hydrogens is 398 g/mol. The summed E-state index contributed by atoms with van der Waals surface area (Å²) in [6.07, 6.45) is 2.10. The Hall–Kier alpha value is -2.54. The summed E-state index contributed by atoms with van der Waals surface area (Å²) in [5.41, 5.74) is 6.51. The Labute approximate surface area is 182 Å². The van der Waals surface area contributed by atoms with E-state index in [-0.39, 0.29) is 25.0 Å². The van der Waals surface area contributed by atoms with E-state index in [2.05, 4.69) is 37.6 Å². The van der Waals surface area contributed by atoms with E-state index in [4.69, 9.17) is 14.7 Å². The number of nitrogens with zero attached hydrogens (tertiary/aromatic N) is 4. The Morgan fingerprint density at radius 3 is 2.42 bits per heavy atom. The van der Waals surface area contributed by atoms with E-state index in [1.807, 2.05) is 26.0 Å². The Kier molecular flexibility index (Phi) is 5.50. The van der Waals surface area contributed by atoms with Crippen LogP contribution in [0.3, 0.4) is 0 Å². The van der Waals surface area contributed by atoms with Crippen LogP contribution in [0, 0.1) is 13.8 Å². The van der Waals surface area contributed by atoms with Crippen LogP contribution < -0.4 is 4.90 Å². The standard InChI is InChI=1S/C24H30F2N4O/c1-14(2)19-8-7-18(23(27-19)29-12-24(25,26)13-29)21-15(3)9-20-22(28-21)16(4)10-30(20)17(5)11-31-6/h7-10,14,17H,11-13H2,1-6H3/t17-/m0/s1. The van der Waals surface area contributed by atoms with Gasteiger partial charge in [-0.15, -0.1) is 0 Å². The Morgan fingerprint density at radius 2 is 1.81 bits per heavy atom. The topological polar surface area (TPSA) is 43.2 Å². The summed E-state index contributed by atoms with van der Waals surface area (Å²) < 4.78 is 34.8. The maximum atomic E-state index is 13.7. The van der Waals surface area contributed by atoms with Gasteiger partial charge in [0.2, 0.25) is 0 Å². The lowest BCUT2D eigenvalue weighted by Gasteiger charge is -2.40. The molecule has 0 unspecified atom stereocenters. The molecule has 166 valence electrons. The summed E-state index contributed by atoms with van der Waals surface area (Å²) >= 11 is 0. The fourth-order valence-corrected chi connectivity index (χ4v) is 4.26. The molecule has 0 N–H and O–H groups in total. The predicted molar refractivity (Wildman–Crippen MR) is 120 cm³/mol. The van der Waals surface area contributed by atoms with E-state index in [1.54, 1.807) is 12.0 Å². The molecule has 4 heterocycles. The first-order valence-corrected chi connectivity index (χ1v) is 10.7. The lowest BCUT2D eigenvalue weighted by atomic mass is 10.0. The van der Waals surface area contributed by atoms with Gasteiger partial charge in [-0.2, -0.15) is 0 Å². The van der Waals surface area contributed by atoms with Gasteiger partial charge in [0, 0.05) is 24.6 Å². The number of rotatable bonds is 6. The average molecular weight is 429 g/mol. The molecule has 31 heavy (non-hydrogen) atoms. The molecule has 1 atom stereocenters. The lowest BCUT2D eigenvalue weighted by Crippen LogP contribution is -2.56. The number of hydrogen-bond acceptors (Lipinski definition) is 4. The van der Waals surface area contributed by atoms with Crippen molar-refractivity contribution in [3.63, 3.8) is 0 Å². The van der Waals surface area contributed by atoms with Gasteiger partial charge in [0.05, 0.1) is 42.5 Å². The summed E-state index contributed by atoms with van der Waals surface area (Å²) in [7, 11) is 1.70. The molecule has 5 nitrogen and oxygen atoms in total. The van der Waals surface area contributed by atoms with Gasteiger partial charge in [0.1, 0.15) is 5.82 Å². The Bertz CT molecular complexity index is 1110. The molecule has 0 saturated carbocycles. The van der Waals surface area contributed by atoms with Crippen LogP contribution >= 0.6 is 0 Å². The summed E-state index contributed by atoms with van der Waals surface area (Å²) in [6, 6.07) is 6.27. The SMILES string of the molecule is COC[C@H](C)n1cc(C)c2nc(-c3ccc(C(C)C)nc3N3CC(F)(F)C3)c(C)cc21. The fraction of sp³-hybridized carbons (Fsp3) is 0.500. The average Bonchev–Trinajstić information content (AvgIpc) is 3.01. The van der Waals surface area contributed by atoms with Crippen LogP contribution in [0.15, 0.2) is 24.4 Å². The maximum absolute atomic E-state index is 13.7. The zero-order valence-electron chi connectivity index (χ0n) is 19.0. The third kappa shape index (κ3) is 3.91. The maximum Gasteiger partial charge on any atom is 0.282 e. The monoisotopic (exact) mass is 428 g/mol. The van der Waals surface area contributed by atoms with Gasteiger partial charge in [-0.05, 0) is 56.0 Å². The van der Waals surface area contributed by atoms with E-state index in [0.717, 1.165) is 39.1 Å². The lowest BCUT2D eigenvalue weighted by molar-refractivity contribution is -0.0266. The van der Waals surface area contributed by atoms with Gasteiger partial charge >= 0.3 is 0 Å². The molecule has 3 aromatic rings. The smallest absolute Gasteiger partial charge is 0.282 e. The summed E-state index contributed by atoms with van der Waals surface area (Å²) in [5, 5.41) is 0. The van der Waals surface area contributed by atoms with Crippen LogP contribution in [0.25, 0.3) is 22.3 Å². The normalized spacial score (nSPS) is 16.7. The first-order chi connectivity index (χ1) is 14.6. The molecule has 1 fully saturated rings. The molecular formula is C24H30F2N4O. The van der Waals surface area contributed by atoms with Crippen molar-refractivity contribution in [1.29, 1.82) is 0 Å². The number of anilines is 1. The summed E-state index contributed by atoms with van der Waals surface area (Å²) in [4.78, 5) is 11.4. The highest BCUT2D eigenvalue weighted by Crippen LogP contribution is 2.39. The first-order valence-electron chi connectivity index (χ1n) is 10.7. The van der Waals surface area contributed by atoms with E-state index < -0.39 is 5.92 Å². The minimum atomic E-state index is -2.66. The molecule has 1 saturated heterocycles. The number of methoxy groups -OCH3 is 1. The second-order valence-corrected chi connectivity index (χ2v) is 9.02. The highest BCUT2D eigenvalue weighted by Gasteiger charge is 2.45. The van der Waals surface area contributed by atoms with Gasteiger partial charge in [0.15, 0.2) is 0 Å². The van der Waals surface area contributed by atoms with Crippen LogP contribution in [-0.4, -0.2) is 47.3 Å². The van der Waals surface area contributed by atoms with Gasteiger partial charge < -0.3 is 14.2 Å². The number of pyridine rings is 2. The third-order valence-corrected chi connectivity index (χ3v) is 5.95. The van der Waals surface area contributed by atoms with Crippen LogP contribution in [0.2, 0.25) is 0 Å². The Morgan fingerprint density at radius 1 is 1.10 bits per heavy atom. The summed E-state index contributed by atoms with van der Waals surface area (Å²) in [6.45, 7) is 10.3. The van der Waals surface area contributed by atoms with Crippen molar-refractivity contribution in [3.05, 3.63) is 41.2 Å². The van der Waals surface area contributed by atoms with Gasteiger partial charge in [-0.25, -0.2) is 18.7 Å². The van der Waals surface area contributed by atoms with E-state index in [1.165, 1.54) is 0 Å². The number of alkyl halides is 2. The molecule has 0 amide bonds. The van der Waals surface area contributed by atoms with Crippen molar-refractivity contribution in [2.45, 2.75) is 52.5 Å². The number of hydrogen-bond donors (Lipinski definition) is 0. The number of ether oxygens (including phenoxy) is 1. The third-order valence-electron chi connectivity index (χ3n) is 5.95. The quantitative estimate of drug-likeness (QED) is 0.520. The Balaban J connectivity index is 1.85. The van der Waals surface area contributed by atoms with E-state index in [9.17, 15) is 8.78 Å². The molecule has 3 aromatic heterocycles. The number of aryl methyl sites for hydroxylation is 2. The van der Waals surface area contributed by atoms with Crippen LogP contribution in [0.4, 0.5) is 14.6 Å². The van der Waals surface area contributed by atoms with Crippen molar-refractivity contribution in [2.75, 3.05) is 31.7 Å². The van der Waals surface area contributed by atoms with Crippen LogP contribution in [-0.2, 0) is 4.74 Å². The zero-order chi connectivity index (χ0) is 22.5. The minimum Gasteiger partial charge on any atom is -0.383 e. The number of aromatic nitrogens is 3. The highest BCUT2D eigenvalue weighted by atomic mass is 19.3. The highest BCUT2D eigenvalue weighted by molar-refractivity contribution is 5.86. The molecule has 0 bridgehead atoms. The molecule has 0 aliphatic carbocycles. The van der Waals surface area contributed by atoms with Crippen LogP contribution in [0.5, 0.6) is 0 Å². The van der Waals surface area contributed by atoms with E-state index in [0.29, 0.717) is 12.4 Å². The fourth-order valence-electron chi connectivity index (χ4n) is 4.26. The van der Waals surface area contributed by atoms with Crippen molar-refractivity contribution in [1.82, 2.24) is 14.5 Å². The molecule has 1 aliphatic heterocycles.